The zero-order valence-corrected chi connectivity index (χ0v) is 12.1. The Morgan fingerprint density at radius 2 is 2.15 bits per heavy atom. The van der Waals surface area contributed by atoms with Gasteiger partial charge >= 0.3 is 12.1 Å². The van der Waals surface area contributed by atoms with E-state index < -0.39 is 0 Å². The van der Waals surface area contributed by atoms with Gasteiger partial charge < -0.3 is 19.4 Å². The molecule has 0 saturated carbocycles. The Balaban J connectivity index is 1.77. The number of piperidine rings is 1. The van der Waals surface area contributed by atoms with E-state index in [-0.39, 0.29) is 12.1 Å². The molecule has 7 nitrogen and oxygen atoms in total. The van der Waals surface area contributed by atoms with E-state index in [4.69, 9.17) is 9.15 Å². The van der Waals surface area contributed by atoms with Gasteiger partial charge in [0.25, 0.3) is 0 Å². The first-order valence-electron chi connectivity index (χ1n) is 7.23. The van der Waals surface area contributed by atoms with Gasteiger partial charge in [0.1, 0.15) is 0 Å². The van der Waals surface area contributed by atoms with Crippen molar-refractivity contribution in [3.8, 4) is 0 Å². The summed E-state index contributed by atoms with van der Waals surface area (Å²) in [5, 5.41) is 11.2. The van der Waals surface area contributed by atoms with Crippen LogP contribution in [0.4, 0.5) is 10.8 Å². The summed E-state index contributed by atoms with van der Waals surface area (Å²) in [7, 11) is 0. The van der Waals surface area contributed by atoms with Crippen LogP contribution in [0.5, 0.6) is 0 Å². The predicted octanol–water partition coefficient (Wildman–Crippen LogP) is 2.05. The lowest BCUT2D eigenvalue weighted by Crippen LogP contribution is -2.42. The standard InChI is InChI=1S/C13H22N4O3/c1-3-5-11-15-16-12(20-11)14-10-6-8-17(9-7-10)13(18)19-4-2/h10H,3-9H2,1-2H3,(H,14,16). The molecule has 0 aromatic carbocycles. The quantitative estimate of drug-likeness (QED) is 0.890. The number of hydrogen-bond acceptors (Lipinski definition) is 6. The van der Waals surface area contributed by atoms with Crippen LogP contribution in [0.15, 0.2) is 4.42 Å². The van der Waals surface area contributed by atoms with E-state index in [1.54, 1.807) is 4.90 Å². The first kappa shape index (κ1) is 14.6. The summed E-state index contributed by atoms with van der Waals surface area (Å²) < 4.78 is 10.5. The van der Waals surface area contributed by atoms with Crippen LogP contribution < -0.4 is 5.32 Å². The smallest absolute Gasteiger partial charge is 0.409 e. The summed E-state index contributed by atoms with van der Waals surface area (Å²) in [5.41, 5.74) is 0. The Labute approximate surface area is 118 Å². The van der Waals surface area contributed by atoms with Crippen LogP contribution in [0.2, 0.25) is 0 Å². The van der Waals surface area contributed by atoms with Gasteiger partial charge in [0, 0.05) is 25.6 Å². The van der Waals surface area contributed by atoms with Gasteiger partial charge in [-0.15, -0.1) is 5.10 Å². The molecule has 0 atom stereocenters. The number of amides is 1. The Kier molecular flexibility index (Phi) is 5.20. The monoisotopic (exact) mass is 282 g/mol. The van der Waals surface area contributed by atoms with Crippen molar-refractivity contribution in [2.75, 3.05) is 25.0 Å². The molecule has 2 heterocycles. The van der Waals surface area contributed by atoms with Gasteiger partial charge in [-0.1, -0.05) is 12.0 Å². The number of aryl methyl sites for hydroxylation is 1. The third kappa shape index (κ3) is 3.85. The third-order valence-corrected chi connectivity index (χ3v) is 3.28. The second-order valence-corrected chi connectivity index (χ2v) is 4.86. The van der Waals surface area contributed by atoms with Crippen LogP contribution in [0, 0.1) is 0 Å². The molecule has 1 aliphatic heterocycles. The maximum absolute atomic E-state index is 11.6. The van der Waals surface area contributed by atoms with Crippen LogP contribution in [0.25, 0.3) is 0 Å². The highest BCUT2D eigenvalue weighted by Crippen LogP contribution is 2.16. The molecule has 1 aromatic rings. The average molecular weight is 282 g/mol. The second-order valence-electron chi connectivity index (χ2n) is 4.86. The van der Waals surface area contributed by atoms with Crippen molar-refractivity contribution < 1.29 is 13.9 Å². The van der Waals surface area contributed by atoms with Crippen molar-refractivity contribution in [2.45, 2.75) is 45.6 Å². The predicted molar refractivity (Wildman–Crippen MR) is 73.5 cm³/mol. The molecule has 0 bridgehead atoms. The van der Waals surface area contributed by atoms with Gasteiger partial charge in [-0.3, -0.25) is 0 Å². The molecule has 1 aliphatic rings. The topological polar surface area (TPSA) is 80.5 Å². The number of carbonyl (C=O) groups excluding carboxylic acids is 1. The highest BCUT2D eigenvalue weighted by molar-refractivity contribution is 5.67. The minimum Gasteiger partial charge on any atom is -0.450 e. The largest absolute Gasteiger partial charge is 0.450 e. The highest BCUT2D eigenvalue weighted by atomic mass is 16.6. The van der Waals surface area contributed by atoms with E-state index in [1.807, 2.05) is 6.92 Å². The number of aromatic nitrogens is 2. The first-order chi connectivity index (χ1) is 9.72. The van der Waals surface area contributed by atoms with Gasteiger partial charge in [-0.05, 0) is 26.2 Å². The van der Waals surface area contributed by atoms with Gasteiger partial charge in [-0.25, -0.2) is 4.79 Å². The van der Waals surface area contributed by atoms with Crippen molar-refractivity contribution in [2.24, 2.45) is 0 Å². The number of ether oxygens (including phenoxy) is 1. The number of carbonyl (C=O) groups is 1. The van der Waals surface area contributed by atoms with Gasteiger partial charge in [0.05, 0.1) is 6.61 Å². The van der Waals surface area contributed by atoms with Crippen molar-refractivity contribution >= 4 is 12.1 Å². The second kappa shape index (κ2) is 7.12. The molecule has 1 amide bonds. The highest BCUT2D eigenvalue weighted by Gasteiger charge is 2.24. The Morgan fingerprint density at radius 3 is 2.80 bits per heavy atom. The lowest BCUT2D eigenvalue weighted by Gasteiger charge is -2.31. The fourth-order valence-corrected chi connectivity index (χ4v) is 2.22. The molecule has 0 aliphatic carbocycles. The normalized spacial score (nSPS) is 16.2. The van der Waals surface area contributed by atoms with Gasteiger partial charge in [0.15, 0.2) is 0 Å². The Bertz CT molecular complexity index is 427. The SMILES string of the molecule is CCCc1nnc(NC2CCN(C(=O)OCC)CC2)o1. The summed E-state index contributed by atoms with van der Waals surface area (Å²) in [6, 6.07) is 0.735. The summed E-state index contributed by atoms with van der Waals surface area (Å²) in [5.74, 6) is 0.666. The van der Waals surface area contributed by atoms with Crippen molar-refractivity contribution in [1.82, 2.24) is 15.1 Å². The Hall–Kier alpha value is -1.79. The van der Waals surface area contributed by atoms with Crippen LogP contribution in [-0.2, 0) is 11.2 Å². The molecule has 0 unspecified atom stereocenters. The lowest BCUT2D eigenvalue weighted by atomic mass is 10.1. The maximum atomic E-state index is 11.6. The molecule has 1 N–H and O–H groups in total. The summed E-state index contributed by atoms with van der Waals surface area (Å²) in [6.45, 7) is 5.68. The molecular weight excluding hydrogens is 260 g/mol. The first-order valence-corrected chi connectivity index (χ1v) is 7.23. The molecule has 1 saturated heterocycles. The van der Waals surface area contributed by atoms with Gasteiger partial charge in [0.2, 0.25) is 5.89 Å². The van der Waals surface area contributed by atoms with E-state index in [0.717, 1.165) is 25.7 Å². The van der Waals surface area contributed by atoms with E-state index in [9.17, 15) is 4.79 Å². The number of likely N-dealkylation sites (tertiary alicyclic amines) is 1. The van der Waals surface area contributed by atoms with Crippen LogP contribution in [0.1, 0.15) is 39.0 Å². The molecule has 7 heteroatoms. The summed E-state index contributed by atoms with van der Waals surface area (Å²) in [4.78, 5) is 13.3. The zero-order chi connectivity index (χ0) is 14.4. The molecular formula is C13H22N4O3. The number of nitrogens with zero attached hydrogens (tertiary/aromatic N) is 3. The van der Waals surface area contributed by atoms with Crippen LogP contribution in [0.3, 0.4) is 0 Å². The molecule has 1 fully saturated rings. The molecule has 1 aromatic heterocycles. The van der Waals surface area contributed by atoms with Crippen molar-refractivity contribution in [1.29, 1.82) is 0 Å². The van der Waals surface area contributed by atoms with E-state index in [1.165, 1.54) is 0 Å². The van der Waals surface area contributed by atoms with Crippen LogP contribution in [-0.4, -0.2) is 46.9 Å². The number of nitrogens with one attached hydrogen (secondary N) is 1. The Morgan fingerprint density at radius 1 is 1.40 bits per heavy atom. The van der Waals surface area contributed by atoms with Gasteiger partial charge in [-0.2, -0.15) is 0 Å². The van der Waals surface area contributed by atoms with Crippen molar-refractivity contribution in [3.05, 3.63) is 5.89 Å². The molecule has 0 radical (unpaired) electrons. The molecule has 112 valence electrons. The summed E-state index contributed by atoms with van der Waals surface area (Å²) in [6.07, 6.45) is 3.26. The fraction of sp³-hybridized carbons (Fsp3) is 0.769. The molecule has 0 spiro atoms. The fourth-order valence-electron chi connectivity index (χ4n) is 2.22. The number of hydrogen-bond donors (Lipinski definition) is 1. The maximum Gasteiger partial charge on any atom is 0.409 e. The van der Waals surface area contributed by atoms with E-state index >= 15 is 0 Å². The number of rotatable bonds is 5. The average Bonchev–Trinajstić information content (AvgIpc) is 2.88. The molecule has 20 heavy (non-hydrogen) atoms. The van der Waals surface area contributed by atoms with Crippen LogP contribution >= 0.6 is 0 Å². The summed E-state index contributed by atoms with van der Waals surface area (Å²) >= 11 is 0. The van der Waals surface area contributed by atoms with E-state index in [2.05, 4.69) is 22.4 Å². The minimum atomic E-state index is -0.228. The zero-order valence-electron chi connectivity index (χ0n) is 12.1. The molecule has 2 rings (SSSR count). The van der Waals surface area contributed by atoms with E-state index in [0.29, 0.717) is 31.6 Å². The number of anilines is 1. The van der Waals surface area contributed by atoms with Crippen molar-refractivity contribution in [3.63, 3.8) is 0 Å². The minimum absolute atomic E-state index is 0.228. The lowest BCUT2D eigenvalue weighted by molar-refractivity contribution is 0.0982. The third-order valence-electron chi connectivity index (χ3n) is 3.28.